The number of fused-ring (bicyclic) bond motifs is 1. The number of nitrogens with zero attached hydrogens (tertiary/aromatic N) is 3. The summed E-state index contributed by atoms with van der Waals surface area (Å²) in [7, 11) is 0. The number of carbonyl (C=O) groups is 2. The van der Waals surface area contributed by atoms with Crippen LogP contribution >= 0.6 is 0 Å². The molecule has 0 saturated heterocycles. The Bertz CT molecular complexity index is 748. The predicted octanol–water partition coefficient (Wildman–Crippen LogP) is 2.25. The largest absolute Gasteiger partial charge is 0.479 e. The molecular formula is C18H19N3O3. The molecule has 2 amide bonds. The number of anilines is 2. The van der Waals surface area contributed by atoms with Crippen molar-refractivity contribution in [2.75, 3.05) is 22.9 Å². The number of hydrogen-bond donors (Lipinski definition) is 0. The number of pyridine rings is 1. The molecule has 0 aliphatic carbocycles. The van der Waals surface area contributed by atoms with Gasteiger partial charge < -0.3 is 9.64 Å². The van der Waals surface area contributed by atoms with Gasteiger partial charge in [0.05, 0.1) is 17.6 Å². The molecule has 0 radical (unpaired) electrons. The lowest BCUT2D eigenvalue weighted by molar-refractivity contribution is -0.127. The number of aromatic nitrogens is 1. The van der Waals surface area contributed by atoms with E-state index in [9.17, 15) is 9.59 Å². The highest BCUT2D eigenvalue weighted by Crippen LogP contribution is 2.33. The molecule has 2 heterocycles. The van der Waals surface area contributed by atoms with Crippen LogP contribution in [0.1, 0.15) is 13.8 Å². The predicted molar refractivity (Wildman–Crippen MR) is 91.1 cm³/mol. The third kappa shape index (κ3) is 2.95. The molecule has 0 bridgehead atoms. The Morgan fingerprint density at radius 3 is 2.79 bits per heavy atom. The number of amides is 2. The standard InChI is InChI=1S/C18H19N3O3/c1-3-20(14-7-6-10-19-11-14)17(22)12-21-15-8-4-5-9-16(15)24-13(2)18(21)23/h4-11,13H,3,12H2,1-2H3. The number of para-hydroxylation sites is 2. The molecular weight excluding hydrogens is 306 g/mol. The third-order valence-electron chi connectivity index (χ3n) is 3.94. The topological polar surface area (TPSA) is 62.7 Å². The van der Waals surface area contributed by atoms with Crippen LogP contribution in [0.25, 0.3) is 0 Å². The first-order chi connectivity index (χ1) is 11.6. The highest BCUT2D eigenvalue weighted by atomic mass is 16.5. The molecule has 3 rings (SSSR count). The van der Waals surface area contributed by atoms with Crippen molar-refractivity contribution in [1.82, 2.24) is 4.98 Å². The van der Waals surface area contributed by atoms with Crippen molar-refractivity contribution in [3.8, 4) is 5.75 Å². The maximum Gasteiger partial charge on any atom is 0.268 e. The summed E-state index contributed by atoms with van der Waals surface area (Å²) >= 11 is 0. The van der Waals surface area contributed by atoms with Crippen molar-refractivity contribution in [1.29, 1.82) is 0 Å². The van der Waals surface area contributed by atoms with Crippen LogP contribution in [0.3, 0.4) is 0 Å². The van der Waals surface area contributed by atoms with Crippen molar-refractivity contribution in [3.05, 3.63) is 48.8 Å². The van der Waals surface area contributed by atoms with Crippen LogP contribution in [0.4, 0.5) is 11.4 Å². The van der Waals surface area contributed by atoms with Crippen molar-refractivity contribution >= 4 is 23.2 Å². The maximum absolute atomic E-state index is 12.8. The molecule has 6 nitrogen and oxygen atoms in total. The lowest BCUT2D eigenvalue weighted by atomic mass is 10.2. The van der Waals surface area contributed by atoms with Crippen LogP contribution in [0.15, 0.2) is 48.8 Å². The minimum atomic E-state index is -0.610. The first-order valence-corrected chi connectivity index (χ1v) is 7.89. The average molecular weight is 325 g/mol. The lowest BCUT2D eigenvalue weighted by Gasteiger charge is -2.33. The number of rotatable bonds is 4. The summed E-state index contributed by atoms with van der Waals surface area (Å²) in [6.45, 7) is 4.05. The Morgan fingerprint density at radius 2 is 2.08 bits per heavy atom. The molecule has 1 aromatic heterocycles. The van der Waals surface area contributed by atoms with Gasteiger partial charge in [0.15, 0.2) is 6.10 Å². The number of hydrogen-bond acceptors (Lipinski definition) is 4. The molecule has 1 aliphatic heterocycles. The van der Waals surface area contributed by atoms with Gasteiger partial charge in [-0.1, -0.05) is 12.1 Å². The van der Waals surface area contributed by atoms with Crippen molar-refractivity contribution in [3.63, 3.8) is 0 Å². The van der Waals surface area contributed by atoms with E-state index < -0.39 is 6.10 Å². The number of ether oxygens (including phenoxy) is 1. The normalized spacial score (nSPS) is 16.3. The van der Waals surface area contributed by atoms with Gasteiger partial charge in [0, 0.05) is 12.7 Å². The van der Waals surface area contributed by atoms with Crippen LogP contribution < -0.4 is 14.5 Å². The summed E-state index contributed by atoms with van der Waals surface area (Å²) in [5.74, 6) is 0.230. The SMILES string of the molecule is CCN(C(=O)CN1C(=O)C(C)Oc2ccccc21)c1cccnc1. The van der Waals surface area contributed by atoms with Crippen LogP contribution in [-0.2, 0) is 9.59 Å². The molecule has 2 aromatic rings. The van der Waals surface area contributed by atoms with Crippen LogP contribution in [-0.4, -0.2) is 36.0 Å². The molecule has 0 fully saturated rings. The molecule has 124 valence electrons. The molecule has 24 heavy (non-hydrogen) atoms. The Balaban J connectivity index is 1.86. The van der Waals surface area contributed by atoms with E-state index in [1.165, 1.54) is 4.90 Å². The van der Waals surface area contributed by atoms with Gasteiger partial charge in [-0.15, -0.1) is 0 Å². The highest BCUT2D eigenvalue weighted by molar-refractivity contribution is 6.06. The van der Waals surface area contributed by atoms with Crippen molar-refractivity contribution in [2.45, 2.75) is 20.0 Å². The van der Waals surface area contributed by atoms with E-state index in [4.69, 9.17) is 4.74 Å². The summed E-state index contributed by atoms with van der Waals surface area (Å²) < 4.78 is 5.60. The van der Waals surface area contributed by atoms with Gasteiger partial charge in [-0.2, -0.15) is 0 Å². The van der Waals surface area contributed by atoms with E-state index >= 15 is 0 Å². The van der Waals surface area contributed by atoms with Crippen LogP contribution in [0, 0.1) is 0 Å². The Kier molecular flexibility index (Phi) is 4.46. The number of likely N-dealkylation sites (N-methyl/N-ethyl adjacent to an activating group) is 1. The number of benzene rings is 1. The minimum Gasteiger partial charge on any atom is -0.479 e. The van der Waals surface area contributed by atoms with Gasteiger partial charge in [-0.3, -0.25) is 19.5 Å². The molecule has 6 heteroatoms. The fourth-order valence-electron chi connectivity index (χ4n) is 2.76. The van der Waals surface area contributed by atoms with E-state index in [1.807, 2.05) is 25.1 Å². The fourth-order valence-corrected chi connectivity index (χ4v) is 2.76. The third-order valence-corrected chi connectivity index (χ3v) is 3.94. The van der Waals surface area contributed by atoms with E-state index in [2.05, 4.69) is 4.98 Å². The van der Waals surface area contributed by atoms with E-state index in [-0.39, 0.29) is 18.4 Å². The molecule has 0 spiro atoms. The second kappa shape index (κ2) is 6.70. The monoisotopic (exact) mass is 325 g/mol. The summed E-state index contributed by atoms with van der Waals surface area (Å²) in [6.07, 6.45) is 2.69. The van der Waals surface area contributed by atoms with E-state index in [0.717, 1.165) is 0 Å². The van der Waals surface area contributed by atoms with E-state index in [1.54, 1.807) is 42.4 Å². The average Bonchev–Trinajstić information content (AvgIpc) is 2.60. The smallest absolute Gasteiger partial charge is 0.268 e. The molecule has 1 aliphatic rings. The summed E-state index contributed by atoms with van der Waals surface area (Å²) in [6, 6.07) is 10.9. The Labute approximate surface area is 140 Å². The lowest BCUT2D eigenvalue weighted by Crippen LogP contribution is -2.49. The van der Waals surface area contributed by atoms with Gasteiger partial charge in [-0.05, 0) is 38.1 Å². The van der Waals surface area contributed by atoms with E-state index in [0.29, 0.717) is 23.7 Å². The first-order valence-electron chi connectivity index (χ1n) is 7.89. The minimum absolute atomic E-state index is 0.0354. The van der Waals surface area contributed by atoms with Crippen LogP contribution in [0.2, 0.25) is 0 Å². The zero-order valence-electron chi connectivity index (χ0n) is 13.7. The first kappa shape index (κ1) is 16.0. The number of carbonyl (C=O) groups excluding carboxylic acids is 2. The van der Waals surface area contributed by atoms with Gasteiger partial charge >= 0.3 is 0 Å². The van der Waals surface area contributed by atoms with Crippen molar-refractivity contribution < 1.29 is 14.3 Å². The highest BCUT2D eigenvalue weighted by Gasteiger charge is 2.33. The fraction of sp³-hybridized carbons (Fsp3) is 0.278. The maximum atomic E-state index is 12.8. The van der Waals surface area contributed by atoms with Crippen LogP contribution in [0.5, 0.6) is 5.75 Å². The van der Waals surface area contributed by atoms with Gasteiger partial charge in [0.2, 0.25) is 5.91 Å². The molecule has 0 N–H and O–H groups in total. The van der Waals surface area contributed by atoms with Gasteiger partial charge in [0.25, 0.3) is 5.91 Å². The van der Waals surface area contributed by atoms with Gasteiger partial charge in [0.1, 0.15) is 12.3 Å². The molecule has 1 aromatic carbocycles. The summed E-state index contributed by atoms with van der Waals surface area (Å²) in [4.78, 5) is 32.4. The molecule has 1 unspecified atom stereocenters. The second-order valence-corrected chi connectivity index (χ2v) is 5.50. The van der Waals surface area contributed by atoms with Crippen molar-refractivity contribution in [2.24, 2.45) is 0 Å². The molecule has 1 atom stereocenters. The molecule has 0 saturated carbocycles. The Hall–Kier alpha value is -2.89. The second-order valence-electron chi connectivity index (χ2n) is 5.50. The zero-order valence-corrected chi connectivity index (χ0v) is 13.7. The van der Waals surface area contributed by atoms with Gasteiger partial charge in [-0.25, -0.2) is 0 Å². The summed E-state index contributed by atoms with van der Waals surface area (Å²) in [5, 5.41) is 0. The zero-order chi connectivity index (χ0) is 17.1. The Morgan fingerprint density at radius 1 is 1.29 bits per heavy atom. The summed E-state index contributed by atoms with van der Waals surface area (Å²) in [5.41, 5.74) is 1.34. The quantitative estimate of drug-likeness (QED) is 0.865.